The largest absolute Gasteiger partial charge is 0.509 e. The number of anilines is 4. The van der Waals surface area contributed by atoms with Crippen molar-refractivity contribution in [3.05, 3.63) is 338 Å². The molecule has 0 fully saturated rings. The fraction of sp³-hybridized carbons (Fsp3) is 0.0602. The summed E-state index contributed by atoms with van der Waals surface area (Å²) in [6.07, 6.45) is 1.92. The summed E-state index contributed by atoms with van der Waals surface area (Å²) in [5, 5.41) is 4.61. The van der Waals surface area contributed by atoms with Crippen molar-refractivity contribution >= 4 is 66.4 Å². The minimum Gasteiger partial charge on any atom is -0.509 e. The van der Waals surface area contributed by atoms with Gasteiger partial charge < -0.3 is 23.7 Å². The van der Waals surface area contributed by atoms with Gasteiger partial charge in [-0.3, -0.25) is 0 Å². The van der Waals surface area contributed by atoms with E-state index < -0.39 is 5.41 Å². The number of para-hydroxylation sites is 5. The molecule has 0 radical (unpaired) electrons. The Hall–Kier alpha value is -10.5. The van der Waals surface area contributed by atoms with Gasteiger partial charge >= 0.3 is 0 Å². The average molecular weight is 1340 g/mol. The summed E-state index contributed by atoms with van der Waals surface area (Å²) in [5.41, 5.74) is 20.9. The molecule has 434 valence electrons. The van der Waals surface area contributed by atoms with Crippen molar-refractivity contribution in [3.8, 4) is 56.4 Å². The van der Waals surface area contributed by atoms with Crippen LogP contribution in [0.25, 0.3) is 88.5 Å². The molecule has 0 unspecified atom stereocenters. The molecular formula is C83H58N5OPt-3. The van der Waals surface area contributed by atoms with Crippen molar-refractivity contribution in [2.75, 3.05) is 9.80 Å². The van der Waals surface area contributed by atoms with Crippen LogP contribution in [-0.2, 0) is 31.9 Å². The molecule has 0 atom stereocenters. The molecule has 15 aromatic rings. The van der Waals surface area contributed by atoms with Crippen molar-refractivity contribution in [2.45, 2.75) is 31.6 Å². The standard InChI is InChI=1S/C83H58N5O.Pt/c1-82(2,3)58-45-46-84-80(49-58)88-76-40-22-17-35-68(76)69-44-43-62(53-79(69)88)89-63-48-59(83(57-29-11-6-12-30-57)72-36-18-13-31-64(72)65-32-14-19-37-73(65)83)47-60(50-63)85-54-86(78-42-24-23-41-77(78)85)81-70(55-25-7-4-8-26-55)51-61(52-71(81)56-27-9-5-10-28-56)87-74-38-20-15-33-66(74)67-34-16-21-39-75(67)87;/h4-49,51-52,54H,1-3H3;/q-3;. The number of nitrogens with zero attached hydrogens (tertiary/aromatic N) is 5. The Kier molecular flexibility index (Phi) is 13.2. The fourth-order valence-corrected chi connectivity index (χ4v) is 14.3. The first-order chi connectivity index (χ1) is 43.8. The fourth-order valence-electron chi connectivity index (χ4n) is 14.3. The molecule has 2 aliphatic rings. The number of benzene rings is 12. The molecule has 0 bridgehead atoms. The Morgan fingerprint density at radius 1 is 0.422 bits per heavy atom. The normalized spacial score (nSPS) is 13.2. The first-order valence-corrected chi connectivity index (χ1v) is 30.5. The molecule has 0 saturated carbocycles. The molecule has 1 aliphatic heterocycles. The second-order valence-corrected chi connectivity index (χ2v) is 24.4. The zero-order valence-corrected chi connectivity index (χ0v) is 52.0. The monoisotopic (exact) mass is 1340 g/mol. The van der Waals surface area contributed by atoms with E-state index in [9.17, 15) is 0 Å². The van der Waals surface area contributed by atoms with E-state index in [2.05, 4.69) is 338 Å². The zero-order valence-electron chi connectivity index (χ0n) is 49.8. The van der Waals surface area contributed by atoms with Crippen molar-refractivity contribution in [2.24, 2.45) is 0 Å². The van der Waals surface area contributed by atoms with E-state index in [1.165, 1.54) is 38.6 Å². The van der Waals surface area contributed by atoms with E-state index >= 15 is 0 Å². The molecule has 0 spiro atoms. The summed E-state index contributed by atoms with van der Waals surface area (Å²) in [7, 11) is 0. The third-order valence-electron chi connectivity index (χ3n) is 18.3. The van der Waals surface area contributed by atoms with E-state index in [4.69, 9.17) is 9.72 Å². The zero-order chi connectivity index (χ0) is 59.4. The van der Waals surface area contributed by atoms with Gasteiger partial charge in [0.25, 0.3) is 0 Å². The van der Waals surface area contributed by atoms with Crippen LogP contribution < -0.4 is 14.5 Å². The van der Waals surface area contributed by atoms with E-state index in [0.29, 0.717) is 11.5 Å². The summed E-state index contributed by atoms with van der Waals surface area (Å²) in [6.45, 7) is 8.99. The Morgan fingerprint density at radius 2 is 0.933 bits per heavy atom. The maximum Gasteiger partial charge on any atom is 0.135 e. The molecule has 4 heterocycles. The van der Waals surface area contributed by atoms with Gasteiger partial charge in [0.2, 0.25) is 0 Å². The minimum absolute atomic E-state index is 0. The summed E-state index contributed by atoms with van der Waals surface area (Å²) in [4.78, 5) is 9.71. The third kappa shape index (κ3) is 8.68. The molecule has 7 heteroatoms. The third-order valence-corrected chi connectivity index (χ3v) is 18.3. The Balaban J connectivity index is 0.00000649. The van der Waals surface area contributed by atoms with E-state index in [1.54, 1.807) is 0 Å². The Morgan fingerprint density at radius 3 is 1.53 bits per heavy atom. The number of hydrogen-bond acceptors (Lipinski definition) is 4. The maximum atomic E-state index is 7.37. The van der Waals surface area contributed by atoms with Crippen LogP contribution in [0.3, 0.4) is 0 Å². The van der Waals surface area contributed by atoms with E-state index in [-0.39, 0.29) is 26.5 Å². The smallest absolute Gasteiger partial charge is 0.135 e. The quantitative estimate of drug-likeness (QED) is 0.128. The first kappa shape index (κ1) is 54.8. The molecule has 0 N–H and O–H groups in total. The second-order valence-electron chi connectivity index (χ2n) is 24.4. The first-order valence-electron chi connectivity index (χ1n) is 30.5. The van der Waals surface area contributed by atoms with Gasteiger partial charge in [-0.2, -0.15) is 6.07 Å². The second kappa shape index (κ2) is 21.7. The minimum atomic E-state index is -0.761. The summed E-state index contributed by atoms with van der Waals surface area (Å²) < 4.78 is 12.0. The number of aromatic nitrogens is 3. The van der Waals surface area contributed by atoms with Gasteiger partial charge in [0.15, 0.2) is 0 Å². The number of pyridine rings is 1. The number of rotatable bonds is 10. The predicted octanol–water partition coefficient (Wildman–Crippen LogP) is 21.1. The average Bonchev–Trinajstić information content (AvgIpc) is 1.54. The number of ether oxygens (including phenoxy) is 1. The molecule has 3 aromatic heterocycles. The molecule has 1 aliphatic carbocycles. The molecule has 0 amide bonds. The van der Waals surface area contributed by atoms with Gasteiger partial charge in [-0.25, -0.2) is 4.98 Å². The SMILES string of the molecule is CC(C)(C)c1ccnc(-n2c3[c-]c(Oc4[c-]c(N5[CH-]N(c6c(-c7ccccc7)cc(-n7c8ccccc8c8ccccc87)cc6-c6ccccc6)c6ccccc65)cc(C5(c6ccccc6)c6ccccc6-c6ccccc65)c4)ccc3c3ccccc32)c1.[Pt]. The van der Waals surface area contributed by atoms with Crippen LogP contribution in [-0.4, -0.2) is 14.1 Å². The van der Waals surface area contributed by atoms with Crippen molar-refractivity contribution in [3.63, 3.8) is 0 Å². The van der Waals surface area contributed by atoms with Crippen LogP contribution in [0, 0.1) is 18.8 Å². The van der Waals surface area contributed by atoms with Gasteiger partial charge in [0.1, 0.15) is 5.82 Å². The van der Waals surface area contributed by atoms with Crippen LogP contribution >= 0.6 is 0 Å². The molecule has 17 rings (SSSR count). The predicted molar refractivity (Wildman–Crippen MR) is 365 cm³/mol. The van der Waals surface area contributed by atoms with Gasteiger partial charge in [0, 0.05) is 94.3 Å². The summed E-state index contributed by atoms with van der Waals surface area (Å²) in [5.74, 6) is 1.94. The van der Waals surface area contributed by atoms with E-state index in [1.807, 2.05) is 12.3 Å². The Labute approximate surface area is 538 Å². The maximum absolute atomic E-state index is 7.37. The van der Waals surface area contributed by atoms with E-state index in [0.717, 1.165) is 100 Å². The van der Waals surface area contributed by atoms with Crippen LogP contribution in [0.4, 0.5) is 22.7 Å². The molecule has 90 heavy (non-hydrogen) atoms. The van der Waals surface area contributed by atoms with Gasteiger partial charge in [-0.15, -0.1) is 53.6 Å². The number of hydrogen-bond donors (Lipinski definition) is 0. The van der Waals surface area contributed by atoms with Crippen LogP contribution in [0.1, 0.15) is 48.6 Å². The summed E-state index contributed by atoms with van der Waals surface area (Å²) in [6, 6.07) is 111. The molecule has 0 saturated heterocycles. The number of fused-ring (bicyclic) bond motifs is 10. The van der Waals surface area contributed by atoms with Crippen molar-refractivity contribution < 1.29 is 25.8 Å². The van der Waals surface area contributed by atoms with Gasteiger partial charge in [0.05, 0.1) is 11.0 Å². The summed E-state index contributed by atoms with van der Waals surface area (Å²) >= 11 is 0. The van der Waals surface area contributed by atoms with Crippen LogP contribution in [0.2, 0.25) is 0 Å². The Bertz CT molecular complexity index is 5120. The topological polar surface area (TPSA) is 38.5 Å². The van der Waals surface area contributed by atoms with Crippen LogP contribution in [0.15, 0.2) is 291 Å². The van der Waals surface area contributed by atoms with Crippen molar-refractivity contribution in [1.82, 2.24) is 14.1 Å². The van der Waals surface area contributed by atoms with Gasteiger partial charge in [-0.05, 0) is 110 Å². The molecule has 6 nitrogen and oxygen atoms in total. The molecular weight excluding hydrogens is 1280 g/mol. The van der Waals surface area contributed by atoms with Crippen molar-refractivity contribution in [1.29, 1.82) is 0 Å². The van der Waals surface area contributed by atoms with Gasteiger partial charge in [-0.1, -0.05) is 233 Å². The molecule has 12 aromatic carbocycles. The van der Waals surface area contributed by atoms with Crippen LogP contribution in [0.5, 0.6) is 11.5 Å².